The van der Waals surface area contributed by atoms with E-state index in [0.29, 0.717) is 24.6 Å². The Bertz CT molecular complexity index is 607. The summed E-state index contributed by atoms with van der Waals surface area (Å²) < 4.78 is 5.93. The van der Waals surface area contributed by atoms with Gasteiger partial charge in [0.1, 0.15) is 6.61 Å². The van der Waals surface area contributed by atoms with Crippen LogP contribution in [0.5, 0.6) is 0 Å². The SMILES string of the molecule is CC1CCCC(OCC(=O)N(CCN(C)C)Cc2ccc(C#N)cc2)C1. The van der Waals surface area contributed by atoms with Crippen molar-refractivity contribution in [1.82, 2.24) is 9.80 Å². The zero-order chi connectivity index (χ0) is 18.9. The lowest BCUT2D eigenvalue weighted by atomic mass is 9.89. The number of likely N-dealkylation sites (N-methyl/N-ethyl adjacent to an activating group) is 1. The van der Waals surface area contributed by atoms with E-state index in [1.165, 1.54) is 12.8 Å². The van der Waals surface area contributed by atoms with E-state index in [0.717, 1.165) is 24.9 Å². The lowest BCUT2D eigenvalue weighted by Gasteiger charge is -2.29. The zero-order valence-electron chi connectivity index (χ0n) is 16.3. The number of hydrogen-bond donors (Lipinski definition) is 0. The van der Waals surface area contributed by atoms with Gasteiger partial charge in [-0.25, -0.2) is 0 Å². The summed E-state index contributed by atoms with van der Waals surface area (Å²) in [5, 5.41) is 8.92. The smallest absolute Gasteiger partial charge is 0.248 e. The molecule has 26 heavy (non-hydrogen) atoms. The summed E-state index contributed by atoms with van der Waals surface area (Å²) in [6.07, 6.45) is 4.79. The van der Waals surface area contributed by atoms with Crippen LogP contribution in [0.4, 0.5) is 0 Å². The van der Waals surface area contributed by atoms with Crippen LogP contribution in [0.25, 0.3) is 0 Å². The Hall–Kier alpha value is -1.90. The summed E-state index contributed by atoms with van der Waals surface area (Å²) >= 11 is 0. The molecule has 0 radical (unpaired) electrons. The number of rotatable bonds is 8. The highest BCUT2D eigenvalue weighted by Gasteiger charge is 2.22. The van der Waals surface area contributed by atoms with Gasteiger partial charge in [-0.2, -0.15) is 5.26 Å². The quantitative estimate of drug-likeness (QED) is 0.717. The van der Waals surface area contributed by atoms with E-state index < -0.39 is 0 Å². The molecule has 0 saturated heterocycles. The second-order valence-electron chi connectivity index (χ2n) is 7.63. The summed E-state index contributed by atoms with van der Waals surface area (Å²) in [5.41, 5.74) is 1.66. The third-order valence-corrected chi connectivity index (χ3v) is 4.96. The molecule has 5 nitrogen and oxygen atoms in total. The molecule has 1 amide bonds. The van der Waals surface area contributed by atoms with Crippen molar-refractivity contribution in [2.75, 3.05) is 33.8 Å². The number of nitriles is 1. The van der Waals surface area contributed by atoms with E-state index in [1.54, 1.807) is 12.1 Å². The van der Waals surface area contributed by atoms with Crippen LogP contribution in [0.15, 0.2) is 24.3 Å². The topological polar surface area (TPSA) is 56.6 Å². The Kier molecular flexibility index (Phi) is 8.08. The molecule has 0 heterocycles. The van der Waals surface area contributed by atoms with Gasteiger partial charge in [-0.05, 0) is 50.6 Å². The van der Waals surface area contributed by atoms with E-state index >= 15 is 0 Å². The Morgan fingerprint density at radius 2 is 1.96 bits per heavy atom. The first kappa shape index (κ1) is 20.4. The molecule has 1 aliphatic rings. The van der Waals surface area contributed by atoms with Gasteiger partial charge in [0.05, 0.1) is 17.7 Å². The predicted molar refractivity (Wildman–Crippen MR) is 103 cm³/mol. The van der Waals surface area contributed by atoms with Crippen molar-refractivity contribution in [3.05, 3.63) is 35.4 Å². The number of benzene rings is 1. The van der Waals surface area contributed by atoms with Gasteiger partial charge in [0.15, 0.2) is 0 Å². The van der Waals surface area contributed by atoms with Crippen molar-refractivity contribution in [3.8, 4) is 6.07 Å². The lowest BCUT2D eigenvalue weighted by Crippen LogP contribution is -2.39. The second kappa shape index (κ2) is 10.3. The van der Waals surface area contributed by atoms with Crippen LogP contribution < -0.4 is 0 Å². The van der Waals surface area contributed by atoms with Gasteiger partial charge in [0.25, 0.3) is 0 Å². The van der Waals surface area contributed by atoms with Crippen LogP contribution in [-0.2, 0) is 16.1 Å². The van der Waals surface area contributed by atoms with Crippen molar-refractivity contribution >= 4 is 5.91 Å². The summed E-state index contributed by atoms with van der Waals surface area (Å²) in [4.78, 5) is 16.7. The Balaban J connectivity index is 1.93. The fraction of sp³-hybridized carbons (Fsp3) is 0.619. The molecule has 5 heteroatoms. The first-order valence-electron chi connectivity index (χ1n) is 9.51. The first-order valence-corrected chi connectivity index (χ1v) is 9.51. The van der Waals surface area contributed by atoms with Crippen LogP contribution in [0, 0.1) is 17.2 Å². The summed E-state index contributed by atoms with van der Waals surface area (Å²) in [6, 6.07) is 9.54. The highest BCUT2D eigenvalue weighted by molar-refractivity contribution is 5.77. The first-order chi connectivity index (χ1) is 12.5. The normalized spacial score (nSPS) is 20.0. The summed E-state index contributed by atoms with van der Waals surface area (Å²) in [6.45, 7) is 4.42. The lowest BCUT2D eigenvalue weighted by molar-refractivity contribution is -0.140. The van der Waals surface area contributed by atoms with Crippen LogP contribution in [0.2, 0.25) is 0 Å². The number of carbonyl (C=O) groups is 1. The molecule has 0 bridgehead atoms. The monoisotopic (exact) mass is 357 g/mol. The van der Waals surface area contributed by atoms with Gasteiger partial charge in [-0.3, -0.25) is 4.79 Å². The average Bonchev–Trinajstić information content (AvgIpc) is 2.63. The van der Waals surface area contributed by atoms with Crippen molar-refractivity contribution in [2.45, 2.75) is 45.3 Å². The van der Waals surface area contributed by atoms with Crippen molar-refractivity contribution in [2.24, 2.45) is 5.92 Å². The molecule has 142 valence electrons. The maximum atomic E-state index is 12.7. The third-order valence-electron chi connectivity index (χ3n) is 4.96. The minimum absolute atomic E-state index is 0.0365. The van der Waals surface area contributed by atoms with Gasteiger partial charge < -0.3 is 14.5 Å². The van der Waals surface area contributed by atoms with Crippen LogP contribution >= 0.6 is 0 Å². The van der Waals surface area contributed by atoms with E-state index in [2.05, 4.69) is 17.9 Å². The largest absolute Gasteiger partial charge is 0.368 e. The maximum absolute atomic E-state index is 12.7. The molecule has 0 spiro atoms. The highest BCUT2D eigenvalue weighted by Crippen LogP contribution is 2.25. The molecule has 2 unspecified atom stereocenters. The fourth-order valence-electron chi connectivity index (χ4n) is 3.33. The van der Waals surface area contributed by atoms with Gasteiger partial charge in [-0.1, -0.05) is 31.9 Å². The zero-order valence-corrected chi connectivity index (χ0v) is 16.3. The van der Waals surface area contributed by atoms with Gasteiger partial charge in [0, 0.05) is 19.6 Å². The minimum atomic E-state index is 0.0365. The standard InChI is InChI=1S/C21H31N3O2/c1-17-5-4-6-20(13-17)26-16-21(25)24(12-11-23(2)3)15-19-9-7-18(14-22)8-10-19/h7-10,17,20H,4-6,11-13,15-16H2,1-3H3. The maximum Gasteiger partial charge on any atom is 0.248 e. The highest BCUT2D eigenvalue weighted by atomic mass is 16.5. The Labute approximate surface area is 157 Å². The van der Waals surface area contributed by atoms with Crippen LogP contribution in [0.1, 0.15) is 43.7 Å². The van der Waals surface area contributed by atoms with E-state index in [-0.39, 0.29) is 18.6 Å². The van der Waals surface area contributed by atoms with E-state index in [9.17, 15) is 4.79 Å². The number of amides is 1. The average molecular weight is 357 g/mol. The number of carbonyl (C=O) groups excluding carboxylic acids is 1. The number of ether oxygens (including phenoxy) is 1. The molecule has 1 aliphatic carbocycles. The van der Waals surface area contributed by atoms with Gasteiger partial charge in [0.2, 0.25) is 5.91 Å². The van der Waals surface area contributed by atoms with Crippen LogP contribution in [-0.4, -0.2) is 55.6 Å². The Morgan fingerprint density at radius 1 is 1.23 bits per heavy atom. The molecular formula is C21H31N3O2. The molecule has 0 N–H and O–H groups in total. The molecule has 0 aromatic heterocycles. The molecule has 2 atom stereocenters. The summed E-state index contributed by atoms with van der Waals surface area (Å²) in [5.74, 6) is 0.724. The molecule has 1 saturated carbocycles. The minimum Gasteiger partial charge on any atom is -0.368 e. The Morgan fingerprint density at radius 3 is 2.58 bits per heavy atom. The van der Waals surface area contributed by atoms with Gasteiger partial charge >= 0.3 is 0 Å². The third kappa shape index (κ3) is 6.78. The fourth-order valence-corrected chi connectivity index (χ4v) is 3.33. The molecule has 1 fully saturated rings. The van der Waals surface area contributed by atoms with Crippen molar-refractivity contribution in [1.29, 1.82) is 5.26 Å². The van der Waals surface area contributed by atoms with Crippen molar-refractivity contribution < 1.29 is 9.53 Å². The van der Waals surface area contributed by atoms with E-state index in [1.807, 2.05) is 31.1 Å². The van der Waals surface area contributed by atoms with Crippen molar-refractivity contribution in [3.63, 3.8) is 0 Å². The summed E-state index contributed by atoms with van der Waals surface area (Å²) in [7, 11) is 4.01. The molecule has 1 aromatic carbocycles. The number of hydrogen-bond acceptors (Lipinski definition) is 4. The molecule has 0 aliphatic heterocycles. The number of nitrogens with zero attached hydrogens (tertiary/aromatic N) is 3. The predicted octanol–water partition coefficient (Wildman–Crippen LogP) is 3.04. The van der Waals surface area contributed by atoms with Crippen LogP contribution in [0.3, 0.4) is 0 Å². The molecule has 1 aromatic rings. The second-order valence-corrected chi connectivity index (χ2v) is 7.63. The van der Waals surface area contributed by atoms with Gasteiger partial charge in [-0.15, -0.1) is 0 Å². The molecular weight excluding hydrogens is 326 g/mol. The molecule has 2 rings (SSSR count). The van der Waals surface area contributed by atoms with E-state index in [4.69, 9.17) is 10.00 Å².